The molecule has 0 radical (unpaired) electrons. The molecule has 1 N–H and O–H groups in total. The van der Waals surface area contributed by atoms with E-state index in [0.29, 0.717) is 24.8 Å². The number of carbonyl (C=O) groups excluding carboxylic acids is 3. The molecule has 6 nitrogen and oxygen atoms in total. The van der Waals surface area contributed by atoms with Crippen molar-refractivity contribution in [2.75, 3.05) is 25.0 Å². The van der Waals surface area contributed by atoms with E-state index in [-0.39, 0.29) is 35.1 Å². The summed E-state index contributed by atoms with van der Waals surface area (Å²) in [5, 5.41) is 3.26. The molecule has 5 rings (SSSR count). The van der Waals surface area contributed by atoms with Gasteiger partial charge in [-0.3, -0.25) is 14.4 Å². The van der Waals surface area contributed by atoms with Crippen molar-refractivity contribution < 1.29 is 14.4 Å². The van der Waals surface area contributed by atoms with Crippen molar-refractivity contribution in [1.29, 1.82) is 0 Å². The smallest absolute Gasteiger partial charge is 0.254 e. The van der Waals surface area contributed by atoms with Crippen LogP contribution in [0.15, 0.2) is 42.5 Å². The van der Waals surface area contributed by atoms with Crippen LogP contribution in [0, 0.1) is 31.6 Å². The standard InChI is InChI=1S/C36H49N3O3/c1-24-10-6-11-25(2)32(24)35(42)39-21-8-14-30(34(41)37-29-13-7-12-28(22-29)36(3,4)5)33(39)27-18-16-26(17-19-27)23-38-20-9-15-31(38)40/h6-7,10-13,22,26-27,30,33H,8-9,14-21,23H2,1-5H3,(H,37,41)/t26?,27?,30-,33?/m0/s1. The molecule has 3 aliphatic rings. The Labute approximate surface area is 252 Å². The summed E-state index contributed by atoms with van der Waals surface area (Å²) in [5.74, 6) is 0.888. The van der Waals surface area contributed by atoms with Gasteiger partial charge in [0.15, 0.2) is 0 Å². The molecule has 2 aromatic carbocycles. The molecule has 42 heavy (non-hydrogen) atoms. The van der Waals surface area contributed by atoms with Gasteiger partial charge in [-0.1, -0.05) is 51.1 Å². The zero-order chi connectivity index (χ0) is 30.0. The molecule has 0 aromatic heterocycles. The van der Waals surface area contributed by atoms with Gasteiger partial charge in [0.05, 0.1) is 5.92 Å². The summed E-state index contributed by atoms with van der Waals surface area (Å²) in [4.78, 5) is 44.7. The first-order valence-electron chi connectivity index (χ1n) is 16.1. The summed E-state index contributed by atoms with van der Waals surface area (Å²) >= 11 is 0. The van der Waals surface area contributed by atoms with Gasteiger partial charge in [0, 0.05) is 43.3 Å². The zero-order valence-electron chi connectivity index (χ0n) is 26.2. The topological polar surface area (TPSA) is 69.7 Å². The minimum absolute atomic E-state index is 0.0128. The molecule has 2 atom stereocenters. The summed E-state index contributed by atoms with van der Waals surface area (Å²) in [6.07, 6.45) is 7.31. The van der Waals surface area contributed by atoms with Gasteiger partial charge < -0.3 is 15.1 Å². The van der Waals surface area contributed by atoms with Crippen LogP contribution in [0.25, 0.3) is 0 Å². The molecule has 0 bridgehead atoms. The third-order valence-corrected chi connectivity index (χ3v) is 10.00. The van der Waals surface area contributed by atoms with Crippen LogP contribution >= 0.6 is 0 Å². The van der Waals surface area contributed by atoms with Gasteiger partial charge in [-0.15, -0.1) is 0 Å². The van der Waals surface area contributed by atoms with Gasteiger partial charge in [0.2, 0.25) is 11.8 Å². The van der Waals surface area contributed by atoms with Crippen molar-refractivity contribution in [3.8, 4) is 0 Å². The lowest BCUT2D eigenvalue weighted by atomic mass is 9.71. The van der Waals surface area contributed by atoms with Crippen LogP contribution < -0.4 is 5.32 Å². The largest absolute Gasteiger partial charge is 0.342 e. The number of nitrogens with zero attached hydrogens (tertiary/aromatic N) is 2. The monoisotopic (exact) mass is 571 g/mol. The summed E-state index contributed by atoms with van der Waals surface area (Å²) in [6.45, 7) is 13.0. The predicted octanol–water partition coefficient (Wildman–Crippen LogP) is 6.89. The highest BCUT2D eigenvalue weighted by Gasteiger charge is 2.44. The van der Waals surface area contributed by atoms with Crippen molar-refractivity contribution in [2.24, 2.45) is 17.8 Å². The van der Waals surface area contributed by atoms with E-state index in [2.05, 4.69) is 43.1 Å². The van der Waals surface area contributed by atoms with Gasteiger partial charge in [-0.2, -0.15) is 0 Å². The highest BCUT2D eigenvalue weighted by atomic mass is 16.2. The number of nitrogens with one attached hydrogen (secondary N) is 1. The maximum absolute atomic E-state index is 14.3. The number of anilines is 1. The summed E-state index contributed by atoms with van der Waals surface area (Å²) in [5.41, 5.74) is 4.75. The number of likely N-dealkylation sites (tertiary alicyclic amines) is 2. The molecule has 3 amide bonds. The number of piperidine rings is 1. The van der Waals surface area contributed by atoms with Crippen molar-refractivity contribution in [2.45, 2.75) is 97.4 Å². The van der Waals surface area contributed by atoms with E-state index < -0.39 is 0 Å². The molecule has 2 saturated heterocycles. The molecule has 2 aromatic rings. The Hall–Kier alpha value is -3.15. The van der Waals surface area contributed by atoms with E-state index in [4.69, 9.17) is 0 Å². The van der Waals surface area contributed by atoms with Crippen LogP contribution in [-0.2, 0) is 15.0 Å². The van der Waals surface area contributed by atoms with Gasteiger partial charge in [0.1, 0.15) is 0 Å². The number of carbonyl (C=O) groups is 3. The maximum Gasteiger partial charge on any atom is 0.254 e. The molecule has 1 aliphatic carbocycles. The Morgan fingerprint density at radius 2 is 1.60 bits per heavy atom. The molecule has 1 unspecified atom stereocenters. The maximum atomic E-state index is 14.3. The molecule has 226 valence electrons. The fourth-order valence-corrected chi connectivity index (χ4v) is 7.64. The Morgan fingerprint density at radius 3 is 2.24 bits per heavy atom. The molecule has 0 spiro atoms. The average Bonchev–Trinajstić information content (AvgIpc) is 3.36. The highest BCUT2D eigenvalue weighted by molar-refractivity contribution is 5.99. The second kappa shape index (κ2) is 12.6. The van der Waals surface area contributed by atoms with E-state index in [9.17, 15) is 14.4 Å². The summed E-state index contributed by atoms with van der Waals surface area (Å²) < 4.78 is 0. The van der Waals surface area contributed by atoms with Gasteiger partial charge in [-0.25, -0.2) is 0 Å². The minimum Gasteiger partial charge on any atom is -0.342 e. The number of benzene rings is 2. The van der Waals surface area contributed by atoms with Crippen molar-refractivity contribution in [1.82, 2.24) is 9.80 Å². The first kappa shape index (κ1) is 30.3. The fraction of sp³-hybridized carbons (Fsp3) is 0.583. The third-order valence-electron chi connectivity index (χ3n) is 10.00. The number of hydrogen-bond acceptors (Lipinski definition) is 3. The van der Waals surface area contributed by atoms with Crippen molar-refractivity contribution >= 4 is 23.4 Å². The first-order valence-corrected chi connectivity index (χ1v) is 16.1. The number of aryl methyl sites for hydroxylation is 2. The second-order valence-electron chi connectivity index (χ2n) is 14.0. The van der Waals surface area contributed by atoms with Crippen LogP contribution in [0.4, 0.5) is 5.69 Å². The molecule has 3 fully saturated rings. The molecule has 2 heterocycles. The van der Waals surface area contributed by atoms with Gasteiger partial charge in [0.25, 0.3) is 5.91 Å². The molecular weight excluding hydrogens is 522 g/mol. The van der Waals surface area contributed by atoms with Crippen LogP contribution in [0.1, 0.15) is 99.2 Å². The predicted molar refractivity (Wildman–Crippen MR) is 168 cm³/mol. The molecule has 1 saturated carbocycles. The summed E-state index contributed by atoms with van der Waals surface area (Å²) in [7, 11) is 0. The molecule has 6 heteroatoms. The molecule has 2 aliphatic heterocycles. The zero-order valence-corrected chi connectivity index (χ0v) is 26.2. The van der Waals surface area contributed by atoms with E-state index in [1.807, 2.05) is 49.1 Å². The van der Waals surface area contributed by atoms with E-state index >= 15 is 0 Å². The van der Waals surface area contributed by atoms with Gasteiger partial charge in [-0.05, 0) is 105 Å². The number of amides is 3. The summed E-state index contributed by atoms with van der Waals surface area (Å²) in [6, 6.07) is 14.1. The average molecular weight is 572 g/mol. The van der Waals surface area contributed by atoms with Crippen LogP contribution in [-0.4, -0.2) is 53.2 Å². The van der Waals surface area contributed by atoms with Crippen LogP contribution in [0.3, 0.4) is 0 Å². The van der Waals surface area contributed by atoms with Crippen LogP contribution in [0.2, 0.25) is 0 Å². The van der Waals surface area contributed by atoms with Crippen molar-refractivity contribution in [3.05, 3.63) is 64.7 Å². The highest BCUT2D eigenvalue weighted by Crippen LogP contribution is 2.40. The van der Waals surface area contributed by atoms with Crippen molar-refractivity contribution in [3.63, 3.8) is 0 Å². The van der Waals surface area contributed by atoms with Gasteiger partial charge >= 0.3 is 0 Å². The quantitative estimate of drug-likeness (QED) is 0.411. The lowest BCUT2D eigenvalue weighted by molar-refractivity contribution is -0.129. The SMILES string of the molecule is Cc1cccc(C)c1C(=O)N1CCC[C@H](C(=O)Nc2cccc(C(C)(C)C)c2)C1C1CCC(CN2CCCC2=O)CC1. The Morgan fingerprint density at radius 1 is 0.905 bits per heavy atom. The fourth-order valence-electron chi connectivity index (χ4n) is 7.64. The van der Waals surface area contributed by atoms with Crippen LogP contribution in [0.5, 0.6) is 0 Å². The first-order chi connectivity index (χ1) is 20.0. The third kappa shape index (κ3) is 6.58. The Balaban J connectivity index is 1.39. The van der Waals surface area contributed by atoms with E-state index in [0.717, 1.165) is 80.4 Å². The number of hydrogen-bond donors (Lipinski definition) is 1. The lowest BCUT2D eigenvalue weighted by Gasteiger charge is -2.47. The second-order valence-corrected chi connectivity index (χ2v) is 14.0. The minimum atomic E-state index is -0.257. The Kier molecular flexibility index (Phi) is 9.10. The lowest BCUT2D eigenvalue weighted by Crippen LogP contribution is -2.56. The van der Waals surface area contributed by atoms with E-state index in [1.165, 1.54) is 5.56 Å². The number of rotatable bonds is 6. The Bertz CT molecular complexity index is 1280. The molecular formula is C36H49N3O3. The normalized spacial score (nSPS) is 25.0. The van der Waals surface area contributed by atoms with E-state index in [1.54, 1.807) is 0 Å².